The number of rotatable bonds is 9. The number of nitrogens with two attached hydrogens (primary N) is 1. The third kappa shape index (κ3) is 7.57. The maximum Gasteiger partial charge on any atom is 0.311 e. The molecule has 6 nitrogen and oxygen atoms in total. The van der Waals surface area contributed by atoms with Gasteiger partial charge in [0.1, 0.15) is 0 Å². The summed E-state index contributed by atoms with van der Waals surface area (Å²) in [5.74, 6) is 1.99. The topological polar surface area (TPSA) is 81.6 Å². The Labute approximate surface area is 229 Å². The van der Waals surface area contributed by atoms with E-state index in [1.807, 2.05) is 6.07 Å². The number of methoxy groups -OCH3 is 1. The predicted molar refractivity (Wildman–Crippen MR) is 154 cm³/mol. The van der Waals surface area contributed by atoms with E-state index in [4.69, 9.17) is 10.5 Å². The van der Waals surface area contributed by atoms with Crippen LogP contribution < -0.4 is 10.5 Å². The van der Waals surface area contributed by atoms with E-state index in [0.29, 0.717) is 24.4 Å². The minimum atomic E-state index is -0.346. The SMILES string of the molecule is COc1ccc(CN(Cc2ccc(C(C)(C)C)cc2)C2CCC(CC3CCC(N)CC3)CC2)cc1[N+](=O)[O-]. The Kier molecular flexibility index (Phi) is 9.48. The molecule has 0 aromatic heterocycles. The van der Waals surface area contributed by atoms with E-state index >= 15 is 0 Å². The second-order valence-corrected chi connectivity index (χ2v) is 12.8. The fourth-order valence-corrected chi connectivity index (χ4v) is 6.51. The summed E-state index contributed by atoms with van der Waals surface area (Å²) in [7, 11) is 1.48. The zero-order valence-corrected chi connectivity index (χ0v) is 23.8. The van der Waals surface area contributed by atoms with E-state index in [1.165, 1.54) is 76.0 Å². The first-order valence-electron chi connectivity index (χ1n) is 14.5. The highest BCUT2D eigenvalue weighted by Crippen LogP contribution is 2.37. The first-order chi connectivity index (χ1) is 18.1. The molecule has 2 aromatic rings. The Hall–Kier alpha value is -2.44. The Morgan fingerprint density at radius 3 is 2.00 bits per heavy atom. The molecule has 0 spiro atoms. The lowest BCUT2D eigenvalue weighted by Crippen LogP contribution is -2.37. The molecule has 2 saturated carbocycles. The normalized spacial score (nSPS) is 24.4. The lowest BCUT2D eigenvalue weighted by Gasteiger charge is -2.38. The van der Waals surface area contributed by atoms with Gasteiger partial charge in [0.15, 0.2) is 5.75 Å². The van der Waals surface area contributed by atoms with Gasteiger partial charge in [0.25, 0.3) is 0 Å². The second-order valence-electron chi connectivity index (χ2n) is 12.8. The number of ether oxygens (including phenoxy) is 1. The molecule has 4 rings (SSSR count). The van der Waals surface area contributed by atoms with Gasteiger partial charge in [-0.25, -0.2) is 0 Å². The zero-order chi connectivity index (χ0) is 27.3. The van der Waals surface area contributed by atoms with Crippen LogP contribution in [0.25, 0.3) is 0 Å². The number of hydrogen-bond donors (Lipinski definition) is 1. The van der Waals surface area contributed by atoms with Crippen LogP contribution in [0.15, 0.2) is 42.5 Å². The Morgan fingerprint density at radius 2 is 1.45 bits per heavy atom. The van der Waals surface area contributed by atoms with Gasteiger partial charge in [-0.15, -0.1) is 0 Å². The molecule has 38 heavy (non-hydrogen) atoms. The lowest BCUT2D eigenvalue weighted by atomic mass is 9.75. The molecule has 0 amide bonds. The maximum atomic E-state index is 11.6. The summed E-state index contributed by atoms with van der Waals surface area (Å²) >= 11 is 0. The zero-order valence-electron chi connectivity index (χ0n) is 23.8. The summed E-state index contributed by atoms with van der Waals surface area (Å²) in [5.41, 5.74) is 9.89. The van der Waals surface area contributed by atoms with Crippen LogP contribution in [-0.2, 0) is 18.5 Å². The molecule has 0 bridgehead atoms. The van der Waals surface area contributed by atoms with Crippen molar-refractivity contribution in [1.82, 2.24) is 4.90 Å². The van der Waals surface area contributed by atoms with E-state index in [1.54, 1.807) is 12.1 Å². The Bertz CT molecular complexity index is 1050. The molecule has 2 aliphatic rings. The predicted octanol–water partition coefficient (Wildman–Crippen LogP) is 7.37. The first kappa shape index (κ1) is 28.6. The molecule has 0 atom stereocenters. The molecule has 2 fully saturated rings. The molecular weight excluding hydrogens is 474 g/mol. The summed E-state index contributed by atoms with van der Waals surface area (Å²) < 4.78 is 5.23. The van der Waals surface area contributed by atoms with Gasteiger partial charge in [-0.1, -0.05) is 51.1 Å². The van der Waals surface area contributed by atoms with Gasteiger partial charge < -0.3 is 10.5 Å². The lowest BCUT2D eigenvalue weighted by molar-refractivity contribution is -0.385. The average Bonchev–Trinajstić information content (AvgIpc) is 2.90. The molecule has 208 valence electrons. The first-order valence-corrected chi connectivity index (χ1v) is 14.5. The van der Waals surface area contributed by atoms with Crippen LogP contribution in [0.4, 0.5) is 5.69 Å². The monoisotopic (exact) mass is 521 g/mol. The van der Waals surface area contributed by atoms with Crippen LogP contribution in [0, 0.1) is 22.0 Å². The highest BCUT2D eigenvalue weighted by atomic mass is 16.6. The fraction of sp³-hybridized carbons (Fsp3) is 0.625. The fourth-order valence-electron chi connectivity index (χ4n) is 6.51. The van der Waals surface area contributed by atoms with Gasteiger partial charge in [0.2, 0.25) is 0 Å². The van der Waals surface area contributed by atoms with E-state index in [0.717, 1.165) is 23.9 Å². The minimum Gasteiger partial charge on any atom is -0.490 e. The maximum absolute atomic E-state index is 11.6. The third-order valence-corrected chi connectivity index (χ3v) is 8.92. The molecule has 0 radical (unpaired) electrons. The smallest absolute Gasteiger partial charge is 0.311 e. The largest absolute Gasteiger partial charge is 0.490 e. The molecule has 2 aliphatic carbocycles. The van der Waals surface area contributed by atoms with Crippen molar-refractivity contribution in [3.8, 4) is 5.75 Å². The van der Waals surface area contributed by atoms with Crippen molar-refractivity contribution in [2.75, 3.05) is 7.11 Å². The average molecular weight is 522 g/mol. The van der Waals surface area contributed by atoms with E-state index in [9.17, 15) is 10.1 Å². The molecule has 2 aromatic carbocycles. The van der Waals surface area contributed by atoms with Crippen LogP contribution in [0.5, 0.6) is 5.75 Å². The number of hydrogen-bond acceptors (Lipinski definition) is 5. The summed E-state index contributed by atoms with van der Waals surface area (Å²) in [6, 6.07) is 15.3. The van der Waals surface area contributed by atoms with Crippen molar-refractivity contribution < 1.29 is 9.66 Å². The van der Waals surface area contributed by atoms with E-state index < -0.39 is 0 Å². The summed E-state index contributed by atoms with van der Waals surface area (Å²) in [5, 5.41) is 11.6. The molecule has 6 heteroatoms. The van der Waals surface area contributed by atoms with Crippen LogP contribution in [0.3, 0.4) is 0 Å². The molecule has 0 aliphatic heterocycles. The van der Waals surface area contributed by atoms with Gasteiger partial charge in [-0.05, 0) is 97.8 Å². The van der Waals surface area contributed by atoms with Gasteiger partial charge >= 0.3 is 5.69 Å². The standard InChI is InChI=1S/C32H47N3O3/c1-32(2,3)27-12-5-25(6-13-27)21-34(22-26-11-18-31(38-4)30(20-26)35(36)37)29-16-9-24(10-17-29)19-23-7-14-28(33)15-8-23/h5-6,11-13,18,20,23-24,28-29H,7-10,14-17,19,21-22,33H2,1-4H3. The molecular formula is C32H47N3O3. The molecule has 0 heterocycles. The van der Waals surface area contributed by atoms with Crippen LogP contribution >= 0.6 is 0 Å². The van der Waals surface area contributed by atoms with E-state index in [2.05, 4.69) is 49.9 Å². The number of benzene rings is 2. The van der Waals surface area contributed by atoms with Crippen LogP contribution in [0.2, 0.25) is 0 Å². The van der Waals surface area contributed by atoms with Crippen molar-refractivity contribution in [2.24, 2.45) is 17.6 Å². The summed E-state index contributed by atoms with van der Waals surface area (Å²) in [6.07, 6.45) is 11.3. The number of nitro groups is 1. The van der Waals surface area contributed by atoms with Gasteiger partial charge in [-0.3, -0.25) is 15.0 Å². The van der Waals surface area contributed by atoms with E-state index in [-0.39, 0.29) is 16.0 Å². The quantitative estimate of drug-likeness (QED) is 0.275. The minimum absolute atomic E-state index is 0.0374. The highest BCUT2D eigenvalue weighted by molar-refractivity contribution is 5.48. The third-order valence-electron chi connectivity index (χ3n) is 8.92. The van der Waals surface area contributed by atoms with Crippen molar-refractivity contribution >= 4 is 5.69 Å². The van der Waals surface area contributed by atoms with Gasteiger partial charge in [0.05, 0.1) is 12.0 Å². The van der Waals surface area contributed by atoms with Crippen LogP contribution in [0.1, 0.15) is 95.2 Å². The Balaban J connectivity index is 1.47. The molecule has 2 N–H and O–H groups in total. The van der Waals surface area contributed by atoms with Crippen molar-refractivity contribution in [1.29, 1.82) is 0 Å². The van der Waals surface area contributed by atoms with Gasteiger partial charge in [-0.2, -0.15) is 0 Å². The summed E-state index contributed by atoms with van der Waals surface area (Å²) in [6.45, 7) is 8.27. The number of nitrogens with zero attached hydrogens (tertiary/aromatic N) is 2. The van der Waals surface area contributed by atoms with Crippen molar-refractivity contribution in [3.05, 3.63) is 69.3 Å². The number of nitro benzene ring substituents is 1. The van der Waals surface area contributed by atoms with Gasteiger partial charge in [0, 0.05) is 31.2 Å². The Morgan fingerprint density at radius 1 is 0.895 bits per heavy atom. The molecule has 0 saturated heterocycles. The second kappa shape index (κ2) is 12.6. The van der Waals surface area contributed by atoms with Crippen molar-refractivity contribution in [3.63, 3.8) is 0 Å². The molecule has 0 unspecified atom stereocenters. The van der Waals surface area contributed by atoms with Crippen LogP contribution in [-0.4, -0.2) is 29.0 Å². The van der Waals surface area contributed by atoms with Crippen molar-refractivity contribution in [2.45, 2.75) is 109 Å². The summed E-state index contributed by atoms with van der Waals surface area (Å²) in [4.78, 5) is 13.8. The highest BCUT2D eigenvalue weighted by Gasteiger charge is 2.29.